The Labute approximate surface area is 254 Å². The van der Waals surface area contributed by atoms with Gasteiger partial charge in [0.15, 0.2) is 0 Å². The summed E-state index contributed by atoms with van der Waals surface area (Å²) in [5.41, 5.74) is -1.36. The van der Waals surface area contributed by atoms with Gasteiger partial charge in [0, 0.05) is 25.4 Å². The molecule has 3 aliphatic rings. The second-order valence-corrected chi connectivity index (χ2v) is 12.4. The molecular weight excluding hydrogens is 544 g/mol. The summed E-state index contributed by atoms with van der Waals surface area (Å²) < 4.78 is 12.5. The summed E-state index contributed by atoms with van der Waals surface area (Å²) in [6.07, 6.45) is 7.39. The Hall–Kier alpha value is -3.49. The highest BCUT2D eigenvalue weighted by Crippen LogP contribution is 2.65. The molecule has 5 rings (SSSR count). The molecule has 1 N–H and O–H groups in total. The number of aliphatic hydroxyl groups excluding tert-OH is 1. The summed E-state index contributed by atoms with van der Waals surface area (Å²) in [5.74, 6) is -2.60. The third-order valence-electron chi connectivity index (χ3n) is 9.80. The van der Waals surface area contributed by atoms with E-state index in [1.807, 2.05) is 56.3 Å². The van der Waals surface area contributed by atoms with E-state index >= 15 is 0 Å². The van der Waals surface area contributed by atoms with Gasteiger partial charge in [-0.3, -0.25) is 14.4 Å². The molecule has 3 fully saturated rings. The third-order valence-corrected chi connectivity index (χ3v) is 9.80. The monoisotopic (exact) mass is 588 g/mol. The Morgan fingerprint density at radius 2 is 1.86 bits per heavy atom. The number of anilines is 1. The van der Waals surface area contributed by atoms with Gasteiger partial charge in [-0.05, 0) is 61.4 Å². The Balaban J connectivity index is 1.55. The highest BCUT2D eigenvalue weighted by atomic mass is 16.6. The number of carbonyl (C=O) groups excluding carboxylic acids is 3. The van der Waals surface area contributed by atoms with Gasteiger partial charge < -0.3 is 24.4 Å². The van der Waals surface area contributed by atoms with Crippen molar-refractivity contribution in [3.8, 4) is 0 Å². The van der Waals surface area contributed by atoms with Gasteiger partial charge in [-0.15, -0.1) is 13.2 Å². The molecule has 8 nitrogen and oxygen atoms in total. The minimum Gasteiger partial charge on any atom is -0.465 e. The number of ether oxygens (including phenoxy) is 2. The lowest BCUT2D eigenvalue weighted by Crippen LogP contribution is -2.57. The lowest BCUT2D eigenvalue weighted by atomic mass is 9.62. The normalized spacial score (nSPS) is 29.1. The van der Waals surface area contributed by atoms with Crippen LogP contribution in [0.5, 0.6) is 0 Å². The summed E-state index contributed by atoms with van der Waals surface area (Å²) >= 11 is 0. The van der Waals surface area contributed by atoms with Gasteiger partial charge in [0.25, 0.3) is 5.91 Å². The number of esters is 1. The van der Waals surface area contributed by atoms with Crippen LogP contribution >= 0.6 is 0 Å². The second kappa shape index (κ2) is 12.6. The fourth-order valence-corrected chi connectivity index (χ4v) is 7.64. The van der Waals surface area contributed by atoms with Crippen LogP contribution in [0.2, 0.25) is 0 Å². The molecule has 3 aliphatic heterocycles. The van der Waals surface area contributed by atoms with E-state index in [9.17, 15) is 19.5 Å². The number of nitrogens with zero attached hydrogens (tertiary/aromatic N) is 2. The van der Waals surface area contributed by atoms with Crippen LogP contribution in [0.15, 0.2) is 67.8 Å². The number of benzene rings is 2. The molecule has 3 saturated heterocycles. The van der Waals surface area contributed by atoms with Gasteiger partial charge in [-0.25, -0.2) is 0 Å². The molecule has 3 heterocycles. The molecule has 0 aliphatic carbocycles. The average molecular weight is 589 g/mol. The standard InChI is InChI=1S/C35H44N2O6/c1-5-7-21-42-33(41)29-28-31(39)37(19-12-8-9-13-20-38)30(35(28)23-24(3)34(29,4)43-35)32(40)36(18-6-2)27-17-16-25-14-10-11-15-26(25)22-27/h5-6,10-11,14-17,22,24,28-30,38H,1-2,7-9,12-13,18-21,23H2,3-4H3/t24?,28-,29-,30?,34+,35?/m0/s1. The van der Waals surface area contributed by atoms with E-state index in [1.54, 1.807) is 22.0 Å². The summed E-state index contributed by atoms with van der Waals surface area (Å²) in [6, 6.07) is 13.0. The molecule has 2 aromatic carbocycles. The number of hydrogen-bond donors (Lipinski definition) is 1. The minimum absolute atomic E-state index is 0.0677. The van der Waals surface area contributed by atoms with Gasteiger partial charge in [0.05, 0.1) is 18.1 Å². The van der Waals surface area contributed by atoms with E-state index in [1.165, 1.54) is 0 Å². The predicted molar refractivity (Wildman–Crippen MR) is 166 cm³/mol. The molecule has 0 radical (unpaired) electrons. The fourth-order valence-electron chi connectivity index (χ4n) is 7.64. The van der Waals surface area contributed by atoms with Crippen molar-refractivity contribution in [3.63, 3.8) is 0 Å². The largest absolute Gasteiger partial charge is 0.465 e. The fraction of sp³-hybridized carbons (Fsp3) is 0.514. The molecule has 2 aromatic rings. The first-order valence-corrected chi connectivity index (χ1v) is 15.5. The molecule has 0 saturated carbocycles. The average Bonchev–Trinajstić information content (AvgIpc) is 3.51. The number of amides is 2. The number of rotatable bonds is 14. The van der Waals surface area contributed by atoms with E-state index in [-0.39, 0.29) is 37.5 Å². The molecular formula is C35H44N2O6. The predicted octanol–water partition coefficient (Wildman–Crippen LogP) is 5.04. The Morgan fingerprint density at radius 1 is 1.12 bits per heavy atom. The van der Waals surface area contributed by atoms with Crippen LogP contribution in [0.1, 0.15) is 52.4 Å². The van der Waals surface area contributed by atoms with Gasteiger partial charge in [0.1, 0.15) is 17.6 Å². The Kier molecular flexibility index (Phi) is 9.09. The van der Waals surface area contributed by atoms with Crippen molar-refractivity contribution in [1.82, 2.24) is 4.90 Å². The molecule has 6 atom stereocenters. The van der Waals surface area contributed by atoms with Crippen molar-refractivity contribution in [1.29, 1.82) is 0 Å². The van der Waals surface area contributed by atoms with Gasteiger partial charge in [-0.1, -0.05) is 62.2 Å². The number of fused-ring (bicyclic) bond motifs is 2. The number of carbonyl (C=O) groups is 3. The Bertz CT molecular complexity index is 1390. The van der Waals surface area contributed by atoms with Crippen molar-refractivity contribution in [2.24, 2.45) is 17.8 Å². The van der Waals surface area contributed by atoms with Crippen LogP contribution in [0.3, 0.4) is 0 Å². The van der Waals surface area contributed by atoms with Crippen LogP contribution in [-0.2, 0) is 23.9 Å². The van der Waals surface area contributed by atoms with Gasteiger partial charge >= 0.3 is 5.97 Å². The number of unbranched alkanes of at least 4 members (excludes halogenated alkanes) is 3. The quantitative estimate of drug-likeness (QED) is 0.189. The summed E-state index contributed by atoms with van der Waals surface area (Å²) in [7, 11) is 0. The van der Waals surface area contributed by atoms with Crippen LogP contribution in [-0.4, -0.2) is 71.3 Å². The molecule has 2 amide bonds. The third kappa shape index (κ3) is 5.29. The Morgan fingerprint density at radius 3 is 2.58 bits per heavy atom. The van der Waals surface area contributed by atoms with Gasteiger partial charge in [-0.2, -0.15) is 0 Å². The maximum absolute atomic E-state index is 14.8. The van der Waals surface area contributed by atoms with Gasteiger partial charge in [0.2, 0.25) is 5.91 Å². The van der Waals surface area contributed by atoms with Crippen LogP contribution in [0.4, 0.5) is 5.69 Å². The van der Waals surface area contributed by atoms with E-state index in [4.69, 9.17) is 9.47 Å². The van der Waals surface area contributed by atoms with Crippen LogP contribution in [0, 0.1) is 17.8 Å². The lowest BCUT2D eigenvalue weighted by Gasteiger charge is -2.37. The number of aliphatic hydroxyl groups is 1. The minimum atomic E-state index is -1.15. The van der Waals surface area contributed by atoms with Crippen molar-refractivity contribution in [3.05, 3.63) is 67.8 Å². The maximum atomic E-state index is 14.8. The van der Waals surface area contributed by atoms with E-state index in [2.05, 4.69) is 13.2 Å². The number of likely N-dealkylation sites (tertiary alicyclic amines) is 1. The maximum Gasteiger partial charge on any atom is 0.312 e. The zero-order valence-corrected chi connectivity index (χ0v) is 25.4. The first-order chi connectivity index (χ1) is 20.7. The first kappa shape index (κ1) is 31.0. The van der Waals surface area contributed by atoms with Crippen LogP contribution in [0.25, 0.3) is 10.8 Å². The molecule has 230 valence electrons. The van der Waals surface area contributed by atoms with Crippen molar-refractivity contribution in [2.45, 2.75) is 69.6 Å². The lowest BCUT2D eigenvalue weighted by molar-refractivity contribution is -0.161. The molecule has 43 heavy (non-hydrogen) atoms. The summed E-state index contributed by atoms with van der Waals surface area (Å²) in [5, 5.41) is 11.3. The first-order valence-electron chi connectivity index (χ1n) is 15.5. The zero-order chi connectivity index (χ0) is 30.8. The highest BCUT2D eigenvalue weighted by Gasteiger charge is 2.80. The van der Waals surface area contributed by atoms with Crippen molar-refractivity contribution >= 4 is 34.2 Å². The van der Waals surface area contributed by atoms with E-state index in [0.717, 1.165) is 23.6 Å². The summed E-state index contributed by atoms with van der Waals surface area (Å²) in [4.78, 5) is 46.2. The van der Waals surface area contributed by atoms with Crippen LogP contribution < -0.4 is 4.90 Å². The van der Waals surface area contributed by atoms with Crippen molar-refractivity contribution in [2.75, 3.05) is 31.2 Å². The highest BCUT2D eigenvalue weighted by molar-refractivity contribution is 6.05. The topological polar surface area (TPSA) is 96.4 Å². The SMILES string of the molecule is C=CCCOC(=O)[C@@H]1[C@H]2C(=O)N(CCCCCCO)C(C(=O)N(CC=C)c3ccc4ccccc4c3)C23CC(C)[C@@]1(C)O3. The van der Waals surface area contributed by atoms with Crippen molar-refractivity contribution < 1.29 is 29.0 Å². The number of hydrogen-bond acceptors (Lipinski definition) is 6. The summed E-state index contributed by atoms with van der Waals surface area (Å²) in [6.45, 7) is 12.5. The smallest absolute Gasteiger partial charge is 0.312 e. The molecule has 2 bridgehead atoms. The van der Waals surface area contributed by atoms with E-state index < -0.39 is 35.0 Å². The second-order valence-electron chi connectivity index (χ2n) is 12.4. The van der Waals surface area contributed by atoms with E-state index in [0.29, 0.717) is 37.9 Å². The molecule has 0 aromatic heterocycles. The zero-order valence-electron chi connectivity index (χ0n) is 25.4. The molecule has 8 heteroatoms. The molecule has 3 unspecified atom stereocenters. The molecule has 1 spiro atoms.